The molecule has 1 spiro atoms. The average molecular weight is 519 g/mol. The second-order valence-corrected chi connectivity index (χ2v) is 11.0. The van der Waals surface area contributed by atoms with Crippen molar-refractivity contribution in [1.29, 1.82) is 0 Å². The van der Waals surface area contributed by atoms with Gasteiger partial charge in [-0.15, -0.1) is 0 Å². The minimum atomic E-state index is -5.85. The number of rotatable bonds is 6. The first kappa shape index (κ1) is 25.7. The van der Waals surface area contributed by atoms with Crippen molar-refractivity contribution >= 4 is 22.0 Å². The van der Waals surface area contributed by atoms with Crippen LogP contribution in [-0.4, -0.2) is 68.8 Å². The first-order chi connectivity index (χ1) is 16.4. The van der Waals surface area contributed by atoms with Gasteiger partial charge in [0.25, 0.3) is 0 Å². The fourth-order valence-corrected chi connectivity index (χ4v) is 5.65. The van der Waals surface area contributed by atoms with Crippen molar-refractivity contribution in [3.63, 3.8) is 0 Å². The van der Waals surface area contributed by atoms with Crippen LogP contribution in [0.4, 0.5) is 13.2 Å². The summed E-state index contributed by atoms with van der Waals surface area (Å²) in [6.45, 7) is 3.63. The van der Waals surface area contributed by atoms with Gasteiger partial charge < -0.3 is 18.7 Å². The van der Waals surface area contributed by atoms with Crippen molar-refractivity contribution in [3.05, 3.63) is 29.3 Å². The molecule has 1 amide bonds. The van der Waals surface area contributed by atoms with Gasteiger partial charge in [-0.3, -0.25) is 4.79 Å². The number of likely N-dealkylation sites (tertiary alicyclic amines) is 1. The highest BCUT2D eigenvalue weighted by Gasteiger charge is 2.50. The smallest absolute Gasteiger partial charge is 0.451 e. The Morgan fingerprint density at radius 2 is 1.86 bits per heavy atom. The summed E-state index contributed by atoms with van der Waals surface area (Å²) in [5.74, 6) is -1.51. The Hall–Kier alpha value is -2.34. The molecule has 35 heavy (non-hydrogen) atoms. The lowest BCUT2D eigenvalue weighted by atomic mass is 9.74. The molecule has 2 heterocycles. The summed E-state index contributed by atoms with van der Waals surface area (Å²) in [6.07, 6.45) is 5.42. The Morgan fingerprint density at radius 3 is 2.49 bits per heavy atom. The Morgan fingerprint density at radius 1 is 1.20 bits per heavy atom. The number of ether oxygens (including phenoxy) is 1. The van der Waals surface area contributed by atoms with Crippen LogP contribution in [-0.2, 0) is 25.3 Å². The molecular formula is C23H29F3N2O6S. The molecule has 1 aromatic carbocycles. The molecule has 1 aromatic rings. The van der Waals surface area contributed by atoms with E-state index in [1.54, 1.807) is 11.9 Å². The van der Waals surface area contributed by atoms with Crippen LogP contribution in [0.15, 0.2) is 18.2 Å². The van der Waals surface area contributed by atoms with Crippen molar-refractivity contribution in [1.82, 2.24) is 9.80 Å². The zero-order valence-corrected chi connectivity index (χ0v) is 20.3. The molecule has 1 saturated heterocycles. The summed E-state index contributed by atoms with van der Waals surface area (Å²) >= 11 is 0. The van der Waals surface area contributed by atoms with E-state index < -0.39 is 32.9 Å². The van der Waals surface area contributed by atoms with Crippen LogP contribution >= 0.6 is 0 Å². The maximum atomic E-state index is 13.0. The molecule has 8 nitrogen and oxygen atoms in total. The van der Waals surface area contributed by atoms with Crippen LogP contribution in [0, 0.1) is 5.92 Å². The fraction of sp³-hybridized carbons (Fsp3) is 0.652. The summed E-state index contributed by atoms with van der Waals surface area (Å²) < 4.78 is 70.2. The van der Waals surface area contributed by atoms with Crippen molar-refractivity contribution < 1.29 is 40.1 Å². The third-order valence-electron chi connectivity index (χ3n) is 7.20. The number of hydrogen-bond acceptors (Lipinski definition) is 7. The lowest BCUT2D eigenvalue weighted by molar-refractivity contribution is -0.137. The predicted octanol–water partition coefficient (Wildman–Crippen LogP) is 3.42. The summed E-state index contributed by atoms with van der Waals surface area (Å²) in [5, 5.41) is 0. The second kappa shape index (κ2) is 9.61. The molecule has 0 atom stereocenters. The highest BCUT2D eigenvalue weighted by atomic mass is 32.2. The Labute approximate surface area is 202 Å². The Bertz CT molecular complexity index is 1080. The number of esters is 1. The van der Waals surface area contributed by atoms with Gasteiger partial charge in [-0.1, -0.05) is 12.5 Å². The highest BCUT2D eigenvalue weighted by molar-refractivity contribution is 7.88. The van der Waals surface area contributed by atoms with Crippen LogP contribution in [0.2, 0.25) is 0 Å². The highest BCUT2D eigenvalue weighted by Crippen LogP contribution is 2.49. The van der Waals surface area contributed by atoms with Crippen molar-refractivity contribution in [2.75, 3.05) is 33.2 Å². The number of likely N-dealkylation sites (N-methyl/N-ethyl adjacent to an activating group) is 1. The van der Waals surface area contributed by atoms with E-state index in [0.717, 1.165) is 31.8 Å². The number of carbonyl (C=O) groups excluding carboxylic acids is 2. The molecule has 2 fully saturated rings. The van der Waals surface area contributed by atoms with Gasteiger partial charge in [-0.2, -0.15) is 21.6 Å². The van der Waals surface area contributed by atoms with E-state index in [1.807, 2.05) is 0 Å². The van der Waals surface area contributed by atoms with E-state index in [0.29, 0.717) is 37.8 Å². The number of amides is 1. The van der Waals surface area contributed by atoms with Gasteiger partial charge in [0.05, 0.1) is 5.56 Å². The molecular weight excluding hydrogens is 489 g/mol. The van der Waals surface area contributed by atoms with Crippen molar-refractivity contribution in [2.45, 2.75) is 56.1 Å². The minimum absolute atomic E-state index is 0.0247. The quantitative estimate of drug-likeness (QED) is 0.324. The zero-order valence-electron chi connectivity index (χ0n) is 19.5. The normalized spacial score (nSPS) is 25.3. The molecule has 4 rings (SSSR count). The number of nitrogens with zero attached hydrogens (tertiary/aromatic N) is 2. The standard InChI is InChI=1S/C23H29F3N2O6S/c1-27(13-14-28-11-3-2-4-12-28)20(29)16-7-9-22(10-8-16)19-6-5-17(15-18(19)21(30)33-22)34-35(31,32)23(24,25)26/h5-6,15-16H,2-4,7-14H2,1H3/t16-,22-. The van der Waals surface area contributed by atoms with Crippen molar-refractivity contribution in [3.8, 4) is 5.75 Å². The maximum Gasteiger partial charge on any atom is 0.534 e. The van der Waals surface area contributed by atoms with Gasteiger partial charge in [0.15, 0.2) is 0 Å². The number of piperidine rings is 1. The van der Waals surface area contributed by atoms with E-state index in [9.17, 15) is 31.2 Å². The molecule has 3 aliphatic rings. The number of carbonyl (C=O) groups is 2. The SMILES string of the molecule is CN(CCN1CCCCC1)C(=O)[C@H]1CC[C@@]2(CC1)OC(=O)c1cc(OS(=O)(=O)C(F)(F)F)ccc12. The third kappa shape index (κ3) is 5.28. The van der Waals surface area contributed by atoms with E-state index in [1.165, 1.54) is 25.3 Å². The topological polar surface area (TPSA) is 93.2 Å². The van der Waals surface area contributed by atoms with E-state index >= 15 is 0 Å². The van der Waals surface area contributed by atoms with E-state index in [2.05, 4.69) is 9.08 Å². The van der Waals surface area contributed by atoms with Gasteiger partial charge in [-0.25, -0.2) is 4.79 Å². The number of halogens is 3. The van der Waals surface area contributed by atoms with Crippen LogP contribution in [0.25, 0.3) is 0 Å². The van der Waals surface area contributed by atoms with Crippen LogP contribution in [0.3, 0.4) is 0 Å². The number of fused-ring (bicyclic) bond motifs is 2. The fourth-order valence-electron chi connectivity index (χ4n) is 5.20. The van der Waals surface area contributed by atoms with E-state index in [-0.39, 0.29) is 17.4 Å². The molecule has 0 bridgehead atoms. The summed E-state index contributed by atoms with van der Waals surface area (Å²) in [6, 6.07) is 3.41. The molecule has 194 valence electrons. The average Bonchev–Trinajstić information content (AvgIpc) is 3.07. The third-order valence-corrected chi connectivity index (χ3v) is 8.18. The summed E-state index contributed by atoms with van der Waals surface area (Å²) in [4.78, 5) is 29.6. The lowest BCUT2D eigenvalue weighted by Crippen LogP contribution is -2.43. The zero-order chi connectivity index (χ0) is 25.4. The molecule has 0 unspecified atom stereocenters. The Balaban J connectivity index is 1.38. The second-order valence-electron chi connectivity index (χ2n) is 9.51. The van der Waals surface area contributed by atoms with Gasteiger partial charge in [0.2, 0.25) is 5.91 Å². The number of alkyl halides is 3. The van der Waals surface area contributed by atoms with Crippen LogP contribution < -0.4 is 4.18 Å². The Kier molecular flexibility index (Phi) is 7.07. The molecule has 2 aliphatic heterocycles. The molecule has 12 heteroatoms. The van der Waals surface area contributed by atoms with Gasteiger partial charge in [0, 0.05) is 31.6 Å². The van der Waals surface area contributed by atoms with E-state index in [4.69, 9.17) is 4.74 Å². The largest absolute Gasteiger partial charge is 0.534 e. The molecule has 1 saturated carbocycles. The van der Waals surface area contributed by atoms with Crippen molar-refractivity contribution in [2.24, 2.45) is 5.92 Å². The molecule has 1 aliphatic carbocycles. The molecule has 0 radical (unpaired) electrons. The van der Waals surface area contributed by atoms with Gasteiger partial charge in [0.1, 0.15) is 11.4 Å². The number of hydrogen-bond donors (Lipinski definition) is 0. The monoisotopic (exact) mass is 518 g/mol. The number of benzene rings is 1. The summed E-state index contributed by atoms with van der Waals surface area (Å²) in [7, 11) is -4.05. The van der Waals surface area contributed by atoms with Crippen LogP contribution in [0.1, 0.15) is 60.9 Å². The minimum Gasteiger partial charge on any atom is -0.451 e. The molecule has 0 aromatic heterocycles. The lowest BCUT2D eigenvalue weighted by Gasteiger charge is -2.37. The maximum absolute atomic E-state index is 13.0. The van der Waals surface area contributed by atoms with Crippen LogP contribution in [0.5, 0.6) is 5.75 Å². The molecule has 0 N–H and O–H groups in total. The summed E-state index contributed by atoms with van der Waals surface area (Å²) in [5.41, 5.74) is -6.11. The van der Waals surface area contributed by atoms with Gasteiger partial charge >= 0.3 is 21.6 Å². The van der Waals surface area contributed by atoms with Gasteiger partial charge in [-0.05, 0) is 63.7 Å². The predicted molar refractivity (Wildman–Crippen MR) is 119 cm³/mol. The first-order valence-electron chi connectivity index (χ1n) is 11.8. The first-order valence-corrected chi connectivity index (χ1v) is 13.2.